The lowest BCUT2D eigenvalue weighted by atomic mass is 10.0. The molecule has 1 saturated heterocycles. The van der Waals surface area contributed by atoms with E-state index in [2.05, 4.69) is 15.2 Å². The van der Waals surface area contributed by atoms with Crippen molar-refractivity contribution in [1.82, 2.24) is 15.2 Å². The number of nitriles is 1. The maximum absolute atomic E-state index is 12.3. The van der Waals surface area contributed by atoms with Crippen LogP contribution in [-0.2, 0) is 0 Å². The van der Waals surface area contributed by atoms with E-state index in [4.69, 9.17) is 5.26 Å². The third-order valence-electron chi connectivity index (χ3n) is 4.35. The van der Waals surface area contributed by atoms with Gasteiger partial charge in [0.15, 0.2) is 0 Å². The fraction of sp³-hybridized carbons (Fsp3) is 0.333. The van der Waals surface area contributed by atoms with Gasteiger partial charge in [-0.05, 0) is 49.7 Å². The van der Waals surface area contributed by atoms with Crippen LogP contribution in [0.2, 0.25) is 0 Å². The number of aromatic hydroxyl groups is 1. The summed E-state index contributed by atoms with van der Waals surface area (Å²) in [6.45, 7) is 2.41. The van der Waals surface area contributed by atoms with E-state index in [1.54, 1.807) is 12.1 Å². The second-order valence-corrected chi connectivity index (χ2v) is 5.98. The van der Waals surface area contributed by atoms with Gasteiger partial charge >= 0.3 is 0 Å². The number of hydrogen-bond acceptors (Lipinski definition) is 4. The van der Waals surface area contributed by atoms with Crippen molar-refractivity contribution in [1.29, 1.82) is 5.26 Å². The SMILES string of the molecule is N#Cc1c[nH]c(C(=O)NC[C@@H](c2cccc(O)c2)N2CCCC2)c1. The van der Waals surface area contributed by atoms with E-state index >= 15 is 0 Å². The van der Waals surface area contributed by atoms with Crippen LogP contribution in [0.15, 0.2) is 36.5 Å². The van der Waals surface area contributed by atoms with Crippen molar-refractivity contribution in [3.05, 3.63) is 53.3 Å². The monoisotopic (exact) mass is 324 g/mol. The zero-order valence-corrected chi connectivity index (χ0v) is 13.3. The van der Waals surface area contributed by atoms with Gasteiger partial charge in [-0.2, -0.15) is 5.26 Å². The van der Waals surface area contributed by atoms with E-state index in [-0.39, 0.29) is 17.7 Å². The molecule has 1 fully saturated rings. The Labute approximate surface area is 140 Å². The summed E-state index contributed by atoms with van der Waals surface area (Å²) in [6.07, 6.45) is 3.80. The van der Waals surface area contributed by atoms with Crippen LogP contribution in [0.1, 0.15) is 40.5 Å². The number of phenolic OH excluding ortho intramolecular Hbond substituents is 1. The number of rotatable bonds is 5. The lowest BCUT2D eigenvalue weighted by Crippen LogP contribution is -2.36. The highest BCUT2D eigenvalue weighted by molar-refractivity contribution is 5.92. The van der Waals surface area contributed by atoms with Gasteiger partial charge in [-0.25, -0.2) is 0 Å². The maximum Gasteiger partial charge on any atom is 0.267 e. The number of phenols is 1. The summed E-state index contributed by atoms with van der Waals surface area (Å²) in [4.78, 5) is 17.4. The van der Waals surface area contributed by atoms with Crippen molar-refractivity contribution in [2.75, 3.05) is 19.6 Å². The number of benzene rings is 1. The molecular weight excluding hydrogens is 304 g/mol. The summed E-state index contributed by atoms with van der Waals surface area (Å²) in [6, 6.07) is 10.7. The van der Waals surface area contributed by atoms with Crippen molar-refractivity contribution in [3.8, 4) is 11.8 Å². The smallest absolute Gasteiger partial charge is 0.267 e. The van der Waals surface area contributed by atoms with Crippen molar-refractivity contribution in [2.24, 2.45) is 0 Å². The zero-order chi connectivity index (χ0) is 16.9. The highest BCUT2D eigenvalue weighted by atomic mass is 16.3. The van der Waals surface area contributed by atoms with E-state index in [0.717, 1.165) is 31.5 Å². The number of likely N-dealkylation sites (tertiary alicyclic amines) is 1. The molecule has 3 rings (SSSR count). The third kappa shape index (κ3) is 3.58. The largest absolute Gasteiger partial charge is 0.508 e. The summed E-state index contributed by atoms with van der Waals surface area (Å²) in [5.41, 5.74) is 1.80. The lowest BCUT2D eigenvalue weighted by molar-refractivity contribution is 0.0933. The fourth-order valence-electron chi connectivity index (χ4n) is 3.12. The normalized spacial score (nSPS) is 15.8. The molecule has 1 aromatic heterocycles. The van der Waals surface area contributed by atoms with Gasteiger partial charge in [0.25, 0.3) is 5.91 Å². The molecule has 0 unspecified atom stereocenters. The van der Waals surface area contributed by atoms with Crippen LogP contribution in [0, 0.1) is 11.3 Å². The van der Waals surface area contributed by atoms with E-state index < -0.39 is 0 Å². The van der Waals surface area contributed by atoms with Gasteiger partial charge < -0.3 is 15.4 Å². The Morgan fingerprint density at radius 3 is 2.83 bits per heavy atom. The van der Waals surface area contributed by atoms with E-state index in [1.807, 2.05) is 18.2 Å². The quantitative estimate of drug-likeness (QED) is 0.786. The average Bonchev–Trinajstić information content (AvgIpc) is 3.27. The molecule has 6 nitrogen and oxygen atoms in total. The summed E-state index contributed by atoms with van der Waals surface area (Å²) < 4.78 is 0. The molecule has 6 heteroatoms. The predicted octanol–water partition coefficient (Wildman–Crippen LogP) is 2.16. The first kappa shape index (κ1) is 16.1. The third-order valence-corrected chi connectivity index (χ3v) is 4.35. The molecule has 0 aliphatic carbocycles. The number of amides is 1. The lowest BCUT2D eigenvalue weighted by Gasteiger charge is -2.28. The molecule has 1 aromatic carbocycles. The molecule has 0 radical (unpaired) electrons. The summed E-state index contributed by atoms with van der Waals surface area (Å²) in [5, 5.41) is 21.5. The topological polar surface area (TPSA) is 92.1 Å². The number of nitrogens with zero attached hydrogens (tertiary/aromatic N) is 2. The van der Waals surface area contributed by atoms with E-state index in [1.165, 1.54) is 12.3 Å². The van der Waals surface area contributed by atoms with Gasteiger partial charge in [0.05, 0.1) is 11.6 Å². The maximum atomic E-state index is 12.3. The first-order valence-corrected chi connectivity index (χ1v) is 8.07. The Hall–Kier alpha value is -2.78. The van der Waals surface area contributed by atoms with Crippen LogP contribution in [-0.4, -0.2) is 40.5 Å². The van der Waals surface area contributed by atoms with Crippen molar-refractivity contribution < 1.29 is 9.90 Å². The molecule has 0 bridgehead atoms. The number of nitrogens with one attached hydrogen (secondary N) is 2. The minimum absolute atomic E-state index is 0.0222. The van der Waals surface area contributed by atoms with Crippen molar-refractivity contribution in [3.63, 3.8) is 0 Å². The molecule has 0 saturated carbocycles. The molecule has 124 valence electrons. The summed E-state index contributed by atoms with van der Waals surface area (Å²) in [5.74, 6) is -0.00750. The Balaban J connectivity index is 1.72. The van der Waals surface area contributed by atoms with E-state index in [9.17, 15) is 9.90 Å². The van der Waals surface area contributed by atoms with Gasteiger partial charge in [0.1, 0.15) is 17.5 Å². The molecule has 2 heterocycles. The molecule has 24 heavy (non-hydrogen) atoms. The van der Waals surface area contributed by atoms with Crippen molar-refractivity contribution in [2.45, 2.75) is 18.9 Å². The number of carbonyl (C=O) groups excluding carboxylic acids is 1. The molecule has 0 spiro atoms. The highest BCUT2D eigenvalue weighted by Gasteiger charge is 2.24. The number of H-pyrrole nitrogens is 1. The molecule has 1 atom stereocenters. The van der Waals surface area contributed by atoms with Crippen LogP contribution in [0.25, 0.3) is 0 Å². The first-order chi connectivity index (χ1) is 11.7. The highest BCUT2D eigenvalue weighted by Crippen LogP contribution is 2.26. The molecule has 2 aromatic rings. The Kier molecular flexibility index (Phi) is 4.82. The molecule has 1 amide bonds. The van der Waals surface area contributed by atoms with Crippen LogP contribution < -0.4 is 5.32 Å². The van der Waals surface area contributed by atoms with Gasteiger partial charge in [-0.3, -0.25) is 9.69 Å². The Bertz CT molecular complexity index is 756. The second kappa shape index (κ2) is 7.20. The average molecular weight is 324 g/mol. The number of aromatic amines is 1. The van der Waals surface area contributed by atoms with Gasteiger partial charge in [-0.1, -0.05) is 12.1 Å². The standard InChI is InChI=1S/C18H20N4O2/c19-10-13-8-16(20-11-13)18(24)21-12-17(22-6-1-2-7-22)14-4-3-5-15(23)9-14/h3-5,8-9,11,17,20,23H,1-2,6-7,12H2,(H,21,24)/t17-/m0/s1. The molecule has 1 aliphatic heterocycles. The Morgan fingerprint density at radius 1 is 1.38 bits per heavy atom. The second-order valence-electron chi connectivity index (χ2n) is 5.98. The number of hydrogen-bond donors (Lipinski definition) is 3. The molecule has 1 aliphatic rings. The van der Waals surface area contributed by atoms with Gasteiger partial charge in [-0.15, -0.1) is 0 Å². The fourth-order valence-corrected chi connectivity index (χ4v) is 3.12. The van der Waals surface area contributed by atoms with Gasteiger partial charge in [0.2, 0.25) is 0 Å². The van der Waals surface area contributed by atoms with Crippen LogP contribution in [0.4, 0.5) is 0 Å². The molecule has 3 N–H and O–H groups in total. The minimum atomic E-state index is -0.235. The minimum Gasteiger partial charge on any atom is -0.508 e. The van der Waals surface area contributed by atoms with Crippen LogP contribution in [0.3, 0.4) is 0 Å². The predicted molar refractivity (Wildman–Crippen MR) is 89.5 cm³/mol. The van der Waals surface area contributed by atoms with Gasteiger partial charge in [0, 0.05) is 12.7 Å². The Morgan fingerprint density at radius 2 is 2.17 bits per heavy atom. The summed E-state index contributed by atoms with van der Waals surface area (Å²) >= 11 is 0. The first-order valence-electron chi connectivity index (χ1n) is 8.07. The van der Waals surface area contributed by atoms with Crippen LogP contribution in [0.5, 0.6) is 5.75 Å². The number of aromatic nitrogens is 1. The van der Waals surface area contributed by atoms with Crippen molar-refractivity contribution >= 4 is 5.91 Å². The zero-order valence-electron chi connectivity index (χ0n) is 13.3. The van der Waals surface area contributed by atoms with Crippen LogP contribution >= 0.6 is 0 Å². The summed E-state index contributed by atoms with van der Waals surface area (Å²) in [7, 11) is 0. The number of carbonyl (C=O) groups is 1. The molecular formula is C18H20N4O2. The van der Waals surface area contributed by atoms with E-state index in [0.29, 0.717) is 17.8 Å².